The molecule has 194 valence electrons. The number of aliphatic hydroxyl groups is 1. The van der Waals surface area contributed by atoms with Crippen LogP contribution in [0.15, 0.2) is 88.0 Å². The molecule has 1 N–H and O–H groups in total. The third-order valence-corrected chi connectivity index (χ3v) is 7.15. The molecule has 0 saturated heterocycles. The van der Waals surface area contributed by atoms with Gasteiger partial charge < -0.3 is 14.6 Å². The molecule has 38 heavy (non-hydrogen) atoms. The Morgan fingerprint density at radius 2 is 1.76 bits per heavy atom. The minimum Gasteiger partial charge on any atom is -0.506 e. The van der Waals surface area contributed by atoms with E-state index in [9.17, 15) is 14.7 Å². The second-order valence-electron chi connectivity index (χ2n) is 7.86. The average molecular weight is 589 g/mol. The summed E-state index contributed by atoms with van der Waals surface area (Å²) in [4.78, 5) is 29.6. The topological polar surface area (TPSA) is 85.2 Å². The Labute approximate surface area is 238 Å². The molecule has 3 aromatic rings. The third-order valence-electron chi connectivity index (χ3n) is 5.25. The Bertz CT molecular complexity index is 1490. The van der Waals surface area contributed by atoms with Crippen molar-refractivity contribution >= 4 is 69.6 Å². The molecule has 0 aliphatic carbocycles. The lowest BCUT2D eigenvalue weighted by Gasteiger charge is -2.10. The van der Waals surface area contributed by atoms with E-state index in [0.29, 0.717) is 36.8 Å². The molecular weight excluding hydrogens is 569 g/mol. The van der Waals surface area contributed by atoms with E-state index in [2.05, 4.69) is 4.99 Å². The van der Waals surface area contributed by atoms with Crippen LogP contribution in [0.4, 0.5) is 0 Å². The SMILES string of the molecule is CCOC(=O)C1=C(O)/C(=C\c2ccc(OCc3ccc(Cl)cc3Cl)c(Cl)c2)SC1=NC(=O)c1ccccc1. The molecule has 1 amide bonds. The number of thioether (sulfide) groups is 1. The van der Waals surface area contributed by atoms with Crippen LogP contribution in [0, 0.1) is 0 Å². The number of carbonyl (C=O) groups excluding carboxylic acids is 2. The molecule has 0 spiro atoms. The quantitative estimate of drug-likeness (QED) is 0.282. The van der Waals surface area contributed by atoms with Crippen LogP contribution in [0.25, 0.3) is 6.08 Å². The number of hydrogen-bond donors (Lipinski definition) is 1. The monoisotopic (exact) mass is 587 g/mol. The molecule has 3 aromatic carbocycles. The number of benzene rings is 3. The van der Waals surface area contributed by atoms with Crippen LogP contribution < -0.4 is 4.74 Å². The maximum absolute atomic E-state index is 12.7. The third kappa shape index (κ3) is 6.60. The van der Waals surface area contributed by atoms with E-state index in [1.165, 1.54) is 0 Å². The molecule has 1 aliphatic heterocycles. The van der Waals surface area contributed by atoms with Gasteiger partial charge in [-0.3, -0.25) is 4.79 Å². The Morgan fingerprint density at radius 3 is 2.45 bits per heavy atom. The lowest BCUT2D eigenvalue weighted by atomic mass is 10.1. The van der Waals surface area contributed by atoms with E-state index in [-0.39, 0.29) is 29.6 Å². The Morgan fingerprint density at radius 1 is 1.00 bits per heavy atom. The standard InChI is InChI=1S/C28H20Cl3NO5S/c1-2-36-28(35)24-25(33)23(38-27(24)32-26(34)17-6-4-3-5-7-17)13-16-8-11-22(21(31)12-16)37-15-18-9-10-19(29)14-20(18)30/h3-14,33H,2,15H2,1H3/b23-13+,32-27?. The number of ether oxygens (including phenoxy) is 2. The molecule has 1 aliphatic rings. The summed E-state index contributed by atoms with van der Waals surface area (Å²) in [6.07, 6.45) is 1.63. The largest absolute Gasteiger partial charge is 0.506 e. The van der Waals surface area contributed by atoms with Crippen molar-refractivity contribution in [2.45, 2.75) is 13.5 Å². The zero-order valence-corrected chi connectivity index (χ0v) is 23.0. The van der Waals surface area contributed by atoms with Crippen LogP contribution in [0.1, 0.15) is 28.4 Å². The van der Waals surface area contributed by atoms with E-state index >= 15 is 0 Å². The minimum absolute atomic E-state index is 0.0481. The summed E-state index contributed by atoms with van der Waals surface area (Å²) in [6.45, 7) is 1.93. The summed E-state index contributed by atoms with van der Waals surface area (Å²) in [6, 6.07) is 18.6. The van der Waals surface area contributed by atoms with Gasteiger partial charge in [0.15, 0.2) is 0 Å². The molecular formula is C28H20Cl3NO5S. The highest BCUT2D eigenvalue weighted by atomic mass is 35.5. The van der Waals surface area contributed by atoms with Crippen molar-refractivity contribution in [1.82, 2.24) is 0 Å². The number of rotatable bonds is 7. The smallest absolute Gasteiger partial charge is 0.344 e. The van der Waals surface area contributed by atoms with Crippen LogP contribution in [0.5, 0.6) is 5.75 Å². The summed E-state index contributed by atoms with van der Waals surface area (Å²) >= 11 is 19.6. The van der Waals surface area contributed by atoms with Gasteiger partial charge in [-0.05, 0) is 55.0 Å². The summed E-state index contributed by atoms with van der Waals surface area (Å²) in [7, 11) is 0. The van der Waals surface area contributed by atoms with Crippen LogP contribution in [0.3, 0.4) is 0 Å². The van der Waals surface area contributed by atoms with Crippen molar-refractivity contribution in [3.8, 4) is 5.75 Å². The molecule has 0 saturated carbocycles. The molecule has 0 unspecified atom stereocenters. The first-order valence-electron chi connectivity index (χ1n) is 11.3. The maximum atomic E-state index is 12.7. The fraction of sp³-hybridized carbons (Fsp3) is 0.107. The first-order valence-corrected chi connectivity index (χ1v) is 13.3. The van der Waals surface area contributed by atoms with Gasteiger partial charge in [0.25, 0.3) is 5.91 Å². The van der Waals surface area contributed by atoms with E-state index in [1.54, 1.807) is 79.7 Å². The maximum Gasteiger partial charge on any atom is 0.344 e. The normalized spacial score (nSPS) is 15.3. The fourth-order valence-corrected chi connectivity index (χ4v) is 5.12. The van der Waals surface area contributed by atoms with E-state index in [1.807, 2.05) is 0 Å². The minimum atomic E-state index is -0.775. The molecule has 0 bridgehead atoms. The van der Waals surface area contributed by atoms with Gasteiger partial charge in [-0.2, -0.15) is 0 Å². The van der Waals surface area contributed by atoms with Crippen LogP contribution in [0.2, 0.25) is 15.1 Å². The predicted molar refractivity (Wildman–Crippen MR) is 152 cm³/mol. The zero-order valence-electron chi connectivity index (χ0n) is 19.9. The van der Waals surface area contributed by atoms with Gasteiger partial charge in [0.05, 0.1) is 16.5 Å². The summed E-state index contributed by atoms with van der Waals surface area (Å²) in [5.74, 6) is -1.22. The van der Waals surface area contributed by atoms with Gasteiger partial charge in [0, 0.05) is 21.2 Å². The summed E-state index contributed by atoms with van der Waals surface area (Å²) in [5, 5.41) is 12.2. The Balaban J connectivity index is 1.58. The fourth-order valence-electron chi connectivity index (χ4n) is 3.40. The van der Waals surface area contributed by atoms with Crippen molar-refractivity contribution in [3.05, 3.63) is 115 Å². The van der Waals surface area contributed by atoms with Gasteiger partial charge in [-0.1, -0.05) is 76.9 Å². The number of nitrogens with zero attached hydrogens (tertiary/aromatic N) is 1. The number of aliphatic hydroxyl groups excluding tert-OH is 1. The van der Waals surface area contributed by atoms with Gasteiger partial charge in [0.2, 0.25) is 0 Å². The summed E-state index contributed by atoms with van der Waals surface area (Å²) in [5.41, 5.74) is 1.56. The lowest BCUT2D eigenvalue weighted by Crippen LogP contribution is -2.14. The molecule has 0 fully saturated rings. The van der Waals surface area contributed by atoms with Gasteiger partial charge in [-0.15, -0.1) is 0 Å². The van der Waals surface area contributed by atoms with Crippen molar-refractivity contribution in [2.75, 3.05) is 6.61 Å². The van der Waals surface area contributed by atoms with Crippen LogP contribution in [-0.2, 0) is 16.1 Å². The van der Waals surface area contributed by atoms with Crippen LogP contribution >= 0.6 is 46.6 Å². The lowest BCUT2D eigenvalue weighted by molar-refractivity contribution is -0.138. The average Bonchev–Trinajstić information content (AvgIpc) is 3.19. The highest BCUT2D eigenvalue weighted by Gasteiger charge is 2.34. The Kier molecular flexibility index (Phi) is 9.17. The molecule has 6 nitrogen and oxygen atoms in total. The van der Waals surface area contributed by atoms with Crippen molar-refractivity contribution in [2.24, 2.45) is 4.99 Å². The molecule has 0 atom stereocenters. The first kappa shape index (κ1) is 27.8. The highest BCUT2D eigenvalue weighted by Crippen LogP contribution is 2.40. The number of aliphatic imine (C=N–C) groups is 1. The molecule has 10 heteroatoms. The van der Waals surface area contributed by atoms with E-state index in [0.717, 1.165) is 17.3 Å². The van der Waals surface area contributed by atoms with Gasteiger partial charge in [-0.25, -0.2) is 9.79 Å². The molecule has 0 radical (unpaired) electrons. The second-order valence-corrected chi connectivity index (χ2v) is 10.1. The van der Waals surface area contributed by atoms with Crippen molar-refractivity contribution < 1.29 is 24.2 Å². The zero-order chi connectivity index (χ0) is 27.2. The number of hydrogen-bond acceptors (Lipinski definition) is 6. The highest BCUT2D eigenvalue weighted by molar-refractivity contribution is 8.18. The number of amides is 1. The number of esters is 1. The van der Waals surface area contributed by atoms with Crippen molar-refractivity contribution in [1.29, 1.82) is 0 Å². The summed E-state index contributed by atoms with van der Waals surface area (Å²) < 4.78 is 10.9. The van der Waals surface area contributed by atoms with E-state index in [4.69, 9.17) is 44.3 Å². The number of halogens is 3. The molecule has 4 rings (SSSR count). The van der Waals surface area contributed by atoms with Gasteiger partial charge >= 0.3 is 5.97 Å². The van der Waals surface area contributed by atoms with Gasteiger partial charge in [0.1, 0.15) is 28.7 Å². The number of carbonyl (C=O) groups is 2. The second kappa shape index (κ2) is 12.5. The van der Waals surface area contributed by atoms with Crippen LogP contribution in [-0.4, -0.2) is 28.6 Å². The molecule has 0 aromatic heterocycles. The van der Waals surface area contributed by atoms with E-state index < -0.39 is 11.9 Å². The first-order chi connectivity index (χ1) is 18.3. The molecule has 1 heterocycles. The Hall–Kier alpha value is -3.23. The predicted octanol–water partition coefficient (Wildman–Crippen LogP) is 7.93. The van der Waals surface area contributed by atoms with Crippen molar-refractivity contribution in [3.63, 3.8) is 0 Å².